The Bertz CT molecular complexity index is 566. The summed E-state index contributed by atoms with van der Waals surface area (Å²) in [6, 6.07) is 13.4. The van der Waals surface area contributed by atoms with Crippen molar-refractivity contribution in [2.24, 2.45) is 0 Å². The highest BCUT2D eigenvalue weighted by Gasteiger charge is 2.05. The molecule has 0 aliphatic carbocycles. The number of hydrogen-bond donors (Lipinski definition) is 1. The average Bonchev–Trinajstić information content (AvgIpc) is 2.39. The van der Waals surface area contributed by atoms with Crippen LogP contribution >= 0.6 is 0 Å². The maximum absolute atomic E-state index is 13.4. The first-order valence-corrected chi connectivity index (χ1v) is 6.38. The van der Waals surface area contributed by atoms with Gasteiger partial charge in [-0.2, -0.15) is 0 Å². The van der Waals surface area contributed by atoms with Crippen LogP contribution in [0.1, 0.15) is 11.1 Å². The van der Waals surface area contributed by atoms with Crippen molar-refractivity contribution in [3.8, 4) is 0 Å². The number of rotatable bonds is 4. The fraction of sp³-hybridized carbons (Fsp3) is 0.250. The third-order valence-corrected chi connectivity index (χ3v) is 3.24. The van der Waals surface area contributed by atoms with Crippen molar-refractivity contribution in [2.45, 2.75) is 13.3 Å². The number of nitrogen functional groups attached to an aromatic ring is 1. The molecule has 0 unspecified atom stereocenters. The number of aryl methyl sites for hydroxylation is 1. The summed E-state index contributed by atoms with van der Waals surface area (Å²) in [7, 11) is 1.96. The van der Waals surface area contributed by atoms with Gasteiger partial charge in [-0.15, -0.1) is 0 Å². The van der Waals surface area contributed by atoms with Crippen LogP contribution in [0.4, 0.5) is 15.8 Å². The second kappa shape index (κ2) is 5.74. The molecule has 0 aliphatic rings. The van der Waals surface area contributed by atoms with Crippen molar-refractivity contribution in [2.75, 3.05) is 24.2 Å². The monoisotopic (exact) mass is 258 g/mol. The normalized spacial score (nSPS) is 10.5. The SMILES string of the molecule is Cc1cccc(CCN(C)c2ccc(N)c(F)c2)c1. The largest absolute Gasteiger partial charge is 0.396 e. The summed E-state index contributed by atoms with van der Waals surface area (Å²) in [5.41, 5.74) is 9.07. The predicted octanol–water partition coefficient (Wildman–Crippen LogP) is 3.40. The summed E-state index contributed by atoms with van der Waals surface area (Å²) in [5, 5.41) is 0. The lowest BCUT2D eigenvalue weighted by molar-refractivity contribution is 0.632. The lowest BCUT2D eigenvalue weighted by Gasteiger charge is -2.19. The van der Waals surface area contributed by atoms with E-state index in [1.54, 1.807) is 6.07 Å². The summed E-state index contributed by atoms with van der Waals surface area (Å²) in [6.45, 7) is 2.93. The van der Waals surface area contributed by atoms with E-state index in [0.29, 0.717) is 0 Å². The molecule has 19 heavy (non-hydrogen) atoms. The maximum atomic E-state index is 13.4. The van der Waals surface area contributed by atoms with Crippen LogP contribution in [-0.4, -0.2) is 13.6 Å². The number of benzene rings is 2. The molecule has 0 aliphatic heterocycles. The van der Waals surface area contributed by atoms with Crippen LogP contribution in [0.3, 0.4) is 0 Å². The second-order valence-electron chi connectivity index (χ2n) is 4.87. The molecule has 100 valence electrons. The Kier molecular flexibility index (Phi) is 4.05. The first kappa shape index (κ1) is 13.4. The van der Waals surface area contributed by atoms with Gasteiger partial charge >= 0.3 is 0 Å². The molecule has 0 saturated heterocycles. The van der Waals surface area contributed by atoms with Crippen LogP contribution in [-0.2, 0) is 6.42 Å². The molecule has 2 N–H and O–H groups in total. The minimum atomic E-state index is -0.361. The molecule has 0 atom stereocenters. The summed E-state index contributed by atoms with van der Waals surface area (Å²) >= 11 is 0. The number of nitrogens with two attached hydrogens (primary N) is 1. The third kappa shape index (κ3) is 3.47. The quantitative estimate of drug-likeness (QED) is 0.852. The van der Waals surface area contributed by atoms with Gasteiger partial charge in [0.05, 0.1) is 5.69 Å². The summed E-state index contributed by atoms with van der Waals surface area (Å²) in [4.78, 5) is 2.03. The zero-order chi connectivity index (χ0) is 13.8. The van der Waals surface area contributed by atoms with Gasteiger partial charge in [0.1, 0.15) is 5.82 Å². The third-order valence-electron chi connectivity index (χ3n) is 3.24. The Morgan fingerprint density at radius 3 is 2.63 bits per heavy atom. The second-order valence-corrected chi connectivity index (χ2v) is 4.87. The van der Waals surface area contributed by atoms with Crippen LogP contribution in [0.5, 0.6) is 0 Å². The fourth-order valence-corrected chi connectivity index (χ4v) is 2.05. The summed E-state index contributed by atoms with van der Waals surface area (Å²) < 4.78 is 13.4. The molecule has 2 rings (SSSR count). The summed E-state index contributed by atoms with van der Waals surface area (Å²) in [5.74, 6) is -0.361. The van der Waals surface area contributed by atoms with E-state index in [2.05, 4.69) is 31.2 Å². The zero-order valence-corrected chi connectivity index (χ0v) is 11.4. The van der Waals surface area contributed by atoms with E-state index in [0.717, 1.165) is 18.7 Å². The molecule has 0 radical (unpaired) electrons. The van der Waals surface area contributed by atoms with E-state index in [4.69, 9.17) is 5.73 Å². The molecule has 0 fully saturated rings. The smallest absolute Gasteiger partial charge is 0.148 e. The van der Waals surface area contributed by atoms with Gasteiger partial charge in [0.25, 0.3) is 0 Å². The molecule has 2 nitrogen and oxygen atoms in total. The van der Waals surface area contributed by atoms with Gasteiger partial charge in [-0.05, 0) is 37.1 Å². The van der Waals surface area contributed by atoms with Crippen molar-refractivity contribution in [3.05, 3.63) is 59.4 Å². The number of hydrogen-bond acceptors (Lipinski definition) is 2. The first-order valence-electron chi connectivity index (χ1n) is 6.38. The molecule has 0 saturated carbocycles. The minimum Gasteiger partial charge on any atom is -0.396 e. The highest BCUT2D eigenvalue weighted by molar-refractivity contribution is 5.53. The van der Waals surface area contributed by atoms with Gasteiger partial charge < -0.3 is 10.6 Å². The molecule has 3 heteroatoms. The van der Waals surface area contributed by atoms with Crippen molar-refractivity contribution in [1.82, 2.24) is 0 Å². The van der Waals surface area contributed by atoms with Crippen LogP contribution in [0.15, 0.2) is 42.5 Å². The zero-order valence-electron chi connectivity index (χ0n) is 11.4. The number of nitrogens with zero attached hydrogens (tertiary/aromatic N) is 1. The molecule has 0 spiro atoms. The molecule has 0 bridgehead atoms. The number of likely N-dealkylation sites (N-methyl/N-ethyl adjacent to an activating group) is 1. The molecular weight excluding hydrogens is 239 g/mol. The maximum Gasteiger partial charge on any atom is 0.148 e. The standard InChI is InChI=1S/C16H19FN2/c1-12-4-3-5-13(10-12)8-9-19(2)14-6-7-16(18)15(17)11-14/h3-7,10-11H,8-9,18H2,1-2H3. The van der Waals surface area contributed by atoms with Crippen molar-refractivity contribution >= 4 is 11.4 Å². The lowest BCUT2D eigenvalue weighted by Crippen LogP contribution is -2.20. The van der Waals surface area contributed by atoms with E-state index in [9.17, 15) is 4.39 Å². The Morgan fingerprint density at radius 1 is 1.16 bits per heavy atom. The Balaban J connectivity index is 2.01. The topological polar surface area (TPSA) is 29.3 Å². The Hall–Kier alpha value is -2.03. The Labute approximate surface area is 113 Å². The molecule has 0 aromatic heterocycles. The van der Waals surface area contributed by atoms with Crippen LogP contribution < -0.4 is 10.6 Å². The van der Waals surface area contributed by atoms with Gasteiger partial charge in [-0.25, -0.2) is 4.39 Å². The van der Waals surface area contributed by atoms with E-state index < -0.39 is 0 Å². The van der Waals surface area contributed by atoms with Crippen LogP contribution in [0.2, 0.25) is 0 Å². The van der Waals surface area contributed by atoms with Gasteiger partial charge in [0.2, 0.25) is 0 Å². The number of anilines is 2. The summed E-state index contributed by atoms with van der Waals surface area (Å²) in [6.07, 6.45) is 0.935. The molecular formula is C16H19FN2. The van der Waals surface area contributed by atoms with E-state index in [1.807, 2.05) is 18.0 Å². The van der Waals surface area contributed by atoms with Crippen molar-refractivity contribution < 1.29 is 4.39 Å². The van der Waals surface area contributed by atoms with E-state index in [1.165, 1.54) is 17.2 Å². The highest BCUT2D eigenvalue weighted by Crippen LogP contribution is 2.19. The highest BCUT2D eigenvalue weighted by atomic mass is 19.1. The molecule has 0 heterocycles. The van der Waals surface area contributed by atoms with Gasteiger partial charge in [-0.1, -0.05) is 29.8 Å². The van der Waals surface area contributed by atoms with Crippen LogP contribution in [0.25, 0.3) is 0 Å². The van der Waals surface area contributed by atoms with Gasteiger partial charge in [0, 0.05) is 19.3 Å². The van der Waals surface area contributed by atoms with E-state index in [-0.39, 0.29) is 11.5 Å². The minimum absolute atomic E-state index is 0.191. The molecule has 2 aromatic rings. The molecule has 0 amide bonds. The van der Waals surface area contributed by atoms with Gasteiger partial charge in [0.15, 0.2) is 0 Å². The van der Waals surface area contributed by atoms with Crippen LogP contribution in [0, 0.1) is 12.7 Å². The van der Waals surface area contributed by atoms with Crippen molar-refractivity contribution in [1.29, 1.82) is 0 Å². The van der Waals surface area contributed by atoms with Gasteiger partial charge in [-0.3, -0.25) is 0 Å². The average molecular weight is 258 g/mol. The first-order chi connectivity index (χ1) is 9.06. The Morgan fingerprint density at radius 2 is 1.95 bits per heavy atom. The lowest BCUT2D eigenvalue weighted by atomic mass is 10.1. The predicted molar refractivity (Wildman–Crippen MR) is 79.0 cm³/mol. The molecule has 2 aromatic carbocycles. The fourth-order valence-electron chi connectivity index (χ4n) is 2.05. The number of halogens is 1. The van der Waals surface area contributed by atoms with E-state index >= 15 is 0 Å². The van der Waals surface area contributed by atoms with Crippen molar-refractivity contribution in [3.63, 3.8) is 0 Å².